The summed E-state index contributed by atoms with van der Waals surface area (Å²) in [4.78, 5) is -0.789. The summed E-state index contributed by atoms with van der Waals surface area (Å²) in [6.45, 7) is 0. The third kappa shape index (κ3) is 4.87. The van der Waals surface area contributed by atoms with E-state index in [0.29, 0.717) is 11.4 Å². The first-order valence-electron chi connectivity index (χ1n) is 11.8. The van der Waals surface area contributed by atoms with Gasteiger partial charge >= 0.3 is 0 Å². The third-order valence-electron chi connectivity index (χ3n) is 6.29. The molecule has 204 valence electrons. The van der Waals surface area contributed by atoms with Crippen LogP contribution in [0.5, 0.6) is 0 Å². The minimum Gasteiger partial charge on any atom is -0.282 e. The molecular formula is C26H22N6O6S2. The Morgan fingerprint density at radius 1 is 0.525 bits per heavy atom. The van der Waals surface area contributed by atoms with Gasteiger partial charge in [0.1, 0.15) is 9.79 Å². The first-order chi connectivity index (χ1) is 19.1. The monoisotopic (exact) mass is 578 g/mol. The Balaban J connectivity index is 1.32. The highest BCUT2D eigenvalue weighted by atomic mass is 32.2. The topological polar surface area (TPSA) is 163 Å². The van der Waals surface area contributed by atoms with E-state index in [-0.39, 0.29) is 11.1 Å². The first-order valence-corrected chi connectivity index (χ1v) is 14.7. The molecule has 14 heteroatoms. The maximum atomic E-state index is 12.3. The van der Waals surface area contributed by atoms with Crippen molar-refractivity contribution < 1.29 is 25.9 Å². The van der Waals surface area contributed by atoms with E-state index in [0.717, 1.165) is 22.7 Å². The van der Waals surface area contributed by atoms with Gasteiger partial charge in [0.05, 0.1) is 34.1 Å². The summed E-state index contributed by atoms with van der Waals surface area (Å²) < 4.78 is 69.0. The molecule has 40 heavy (non-hydrogen) atoms. The molecule has 0 amide bonds. The van der Waals surface area contributed by atoms with Crippen molar-refractivity contribution in [3.05, 3.63) is 96.1 Å². The van der Waals surface area contributed by atoms with Crippen LogP contribution >= 0.6 is 0 Å². The van der Waals surface area contributed by atoms with Crippen LogP contribution in [0, 0.1) is 0 Å². The predicted octanol–water partition coefficient (Wildman–Crippen LogP) is 4.70. The molecule has 4 aromatic carbocycles. The molecule has 0 spiro atoms. The first kappa shape index (κ1) is 25.5. The lowest BCUT2D eigenvalue weighted by Gasteiger charge is -2.20. The van der Waals surface area contributed by atoms with E-state index in [1.807, 2.05) is 48.5 Å². The van der Waals surface area contributed by atoms with Crippen LogP contribution < -0.4 is 31.9 Å². The Kier molecular flexibility index (Phi) is 6.03. The minimum absolute atomic E-state index is 0.103. The van der Waals surface area contributed by atoms with Crippen LogP contribution in [0.4, 0.5) is 34.1 Å². The minimum atomic E-state index is -4.66. The highest BCUT2D eigenvalue weighted by molar-refractivity contribution is 7.86. The lowest BCUT2D eigenvalue weighted by molar-refractivity contribution is 0.480. The van der Waals surface area contributed by atoms with E-state index in [4.69, 9.17) is 0 Å². The average Bonchev–Trinajstić information content (AvgIpc) is 3.55. The zero-order valence-electron chi connectivity index (χ0n) is 20.5. The number of para-hydroxylation sites is 4. The van der Waals surface area contributed by atoms with Crippen molar-refractivity contribution in [1.29, 1.82) is 0 Å². The second-order valence-electron chi connectivity index (χ2n) is 8.94. The van der Waals surface area contributed by atoms with Gasteiger partial charge in [-0.2, -0.15) is 27.1 Å². The van der Waals surface area contributed by atoms with E-state index >= 15 is 0 Å². The van der Waals surface area contributed by atoms with E-state index in [1.165, 1.54) is 46.7 Å². The number of fused-ring (bicyclic) bond motifs is 2. The summed E-state index contributed by atoms with van der Waals surface area (Å²) in [5.74, 6) is 0. The number of rotatable bonds is 6. The smallest absolute Gasteiger partial charge is 0.282 e. The normalized spacial score (nSPS) is 14.2. The Labute approximate surface area is 229 Å². The van der Waals surface area contributed by atoms with Gasteiger partial charge < -0.3 is 0 Å². The van der Waals surface area contributed by atoms with Crippen molar-refractivity contribution >= 4 is 66.5 Å². The van der Waals surface area contributed by atoms with Gasteiger partial charge in [0.2, 0.25) is 0 Å². The number of nitrogens with one attached hydrogen (secondary N) is 4. The van der Waals surface area contributed by atoms with Gasteiger partial charge in [-0.15, -0.1) is 0 Å². The molecule has 0 saturated carbocycles. The highest BCUT2D eigenvalue weighted by Gasteiger charge is 2.23. The van der Waals surface area contributed by atoms with E-state index < -0.39 is 30.0 Å². The number of benzene rings is 4. The van der Waals surface area contributed by atoms with E-state index in [2.05, 4.69) is 21.7 Å². The number of hydrogen-bond donors (Lipinski definition) is 6. The maximum absolute atomic E-state index is 12.3. The maximum Gasteiger partial charge on any atom is 0.295 e. The fraction of sp³-hybridized carbons (Fsp3) is 0. The Bertz CT molecular complexity index is 1710. The Morgan fingerprint density at radius 2 is 0.850 bits per heavy atom. The van der Waals surface area contributed by atoms with Gasteiger partial charge in [-0.3, -0.25) is 30.8 Å². The molecule has 0 aliphatic carbocycles. The van der Waals surface area contributed by atoms with Crippen LogP contribution in [0.3, 0.4) is 0 Å². The van der Waals surface area contributed by atoms with Crippen molar-refractivity contribution in [1.82, 2.24) is 0 Å². The lowest BCUT2D eigenvalue weighted by Crippen LogP contribution is -2.29. The molecule has 6 rings (SSSR count). The summed E-state index contributed by atoms with van der Waals surface area (Å²) in [5.41, 5.74) is 16.5. The van der Waals surface area contributed by atoms with Crippen LogP contribution in [-0.4, -0.2) is 25.9 Å². The summed E-state index contributed by atoms with van der Waals surface area (Å²) in [7, 11) is -9.33. The van der Waals surface area contributed by atoms with Crippen molar-refractivity contribution in [2.24, 2.45) is 0 Å². The summed E-state index contributed by atoms with van der Waals surface area (Å²) in [5, 5.41) is 3.00. The van der Waals surface area contributed by atoms with Crippen LogP contribution in [0.25, 0.3) is 12.2 Å². The molecule has 0 atom stereocenters. The van der Waals surface area contributed by atoms with Crippen molar-refractivity contribution in [2.75, 3.05) is 31.9 Å². The molecule has 0 aromatic heterocycles. The average molecular weight is 579 g/mol. The standard InChI is InChI=1S/C26H22N6O6S2/c33-39(34,35)25-15-19(31-27-21-5-1-2-6-22(21)28-31)13-11-17(25)9-10-18-12-14-20(16-26(18)40(36,37)38)32-29-23-7-3-4-8-24(23)30-32/h1-16,27-30H,(H,33,34,35)(H,36,37,38)/b10-9+. The SMILES string of the molecule is O=S(=O)(O)c1cc(N2Nc3ccccc3N2)ccc1/C=C/c1ccc(N2Nc3ccccc3N2)cc1S(=O)(=O)O. The van der Waals surface area contributed by atoms with E-state index in [1.54, 1.807) is 12.1 Å². The predicted molar refractivity (Wildman–Crippen MR) is 154 cm³/mol. The summed E-state index contributed by atoms with van der Waals surface area (Å²) >= 11 is 0. The molecule has 4 aromatic rings. The molecule has 0 saturated heterocycles. The molecule has 2 aliphatic heterocycles. The number of hydrogen-bond acceptors (Lipinski definition) is 10. The zero-order chi connectivity index (χ0) is 28.1. The van der Waals surface area contributed by atoms with Gasteiger partial charge in [0.15, 0.2) is 0 Å². The Hall–Kier alpha value is -4.76. The molecule has 0 bridgehead atoms. The number of anilines is 6. The van der Waals surface area contributed by atoms with Crippen LogP contribution in [0.15, 0.2) is 94.7 Å². The number of hydrazine groups is 4. The fourth-order valence-corrected chi connectivity index (χ4v) is 5.79. The van der Waals surface area contributed by atoms with Crippen molar-refractivity contribution in [2.45, 2.75) is 9.79 Å². The van der Waals surface area contributed by atoms with E-state index in [9.17, 15) is 25.9 Å². The fourth-order valence-electron chi connectivity index (χ4n) is 4.38. The van der Waals surface area contributed by atoms with Gasteiger partial charge in [0.25, 0.3) is 20.2 Å². The molecule has 12 nitrogen and oxygen atoms in total. The second-order valence-corrected chi connectivity index (χ2v) is 11.7. The van der Waals surface area contributed by atoms with Gasteiger partial charge in [-0.1, -0.05) is 48.6 Å². The Morgan fingerprint density at radius 3 is 1.15 bits per heavy atom. The lowest BCUT2D eigenvalue weighted by atomic mass is 10.1. The van der Waals surface area contributed by atoms with Gasteiger partial charge in [-0.05, 0) is 59.7 Å². The molecule has 6 N–H and O–H groups in total. The molecule has 0 radical (unpaired) electrons. The summed E-state index contributed by atoms with van der Waals surface area (Å²) in [6, 6.07) is 23.5. The second kappa shape index (κ2) is 9.46. The zero-order valence-corrected chi connectivity index (χ0v) is 22.1. The van der Waals surface area contributed by atoms with Crippen LogP contribution in [-0.2, 0) is 20.2 Å². The van der Waals surface area contributed by atoms with Crippen molar-refractivity contribution in [3.8, 4) is 0 Å². The number of nitrogens with zero attached hydrogens (tertiary/aromatic N) is 2. The molecule has 0 unspecified atom stereocenters. The third-order valence-corrected chi connectivity index (χ3v) is 8.11. The molecule has 2 aliphatic rings. The molecule has 0 fully saturated rings. The van der Waals surface area contributed by atoms with Crippen molar-refractivity contribution in [3.63, 3.8) is 0 Å². The molecule has 2 heterocycles. The molecular weight excluding hydrogens is 556 g/mol. The highest BCUT2D eigenvalue weighted by Crippen LogP contribution is 2.34. The van der Waals surface area contributed by atoms with Gasteiger partial charge in [0, 0.05) is 0 Å². The van der Waals surface area contributed by atoms with Crippen LogP contribution in [0.1, 0.15) is 11.1 Å². The summed E-state index contributed by atoms with van der Waals surface area (Å²) in [6.07, 6.45) is 2.69. The largest absolute Gasteiger partial charge is 0.295 e. The van der Waals surface area contributed by atoms with Gasteiger partial charge in [-0.25, -0.2) is 0 Å². The van der Waals surface area contributed by atoms with Crippen LogP contribution in [0.2, 0.25) is 0 Å². The quantitative estimate of drug-likeness (QED) is 0.138.